The first kappa shape index (κ1) is 17.4. The average Bonchev–Trinajstić information content (AvgIpc) is 2.54. The van der Waals surface area contributed by atoms with Gasteiger partial charge in [-0.2, -0.15) is 0 Å². The Morgan fingerprint density at radius 3 is 2.20 bits per heavy atom. The Kier molecular flexibility index (Phi) is 3.67. The van der Waals surface area contributed by atoms with E-state index < -0.39 is 28.8 Å². The number of allylic oxidation sites excluding steroid dienone is 2. The molecule has 0 heterocycles. The largest absolute Gasteiger partial charge is 0.511 e. The van der Waals surface area contributed by atoms with Gasteiger partial charge in [-0.25, -0.2) is 0 Å². The van der Waals surface area contributed by atoms with Crippen LogP contribution in [0.25, 0.3) is 0 Å². The number of aliphatic hydroxyl groups excluding tert-OH is 1. The van der Waals surface area contributed by atoms with Crippen molar-refractivity contribution in [3.8, 4) is 5.75 Å². The number of rotatable bonds is 1. The molecule has 5 nitrogen and oxygen atoms in total. The molecule has 0 spiro atoms. The van der Waals surface area contributed by atoms with Crippen molar-refractivity contribution in [3.63, 3.8) is 0 Å². The Hall–Kier alpha value is -2.43. The van der Waals surface area contributed by atoms with Crippen LogP contribution in [0, 0.1) is 24.2 Å². The lowest BCUT2D eigenvalue weighted by molar-refractivity contribution is -0.121. The lowest BCUT2D eigenvalue weighted by atomic mass is 9.56. The fourth-order valence-corrected chi connectivity index (χ4v) is 4.35. The zero-order chi connectivity index (χ0) is 18.8. The number of carbonyl (C=O) groups is 3. The minimum absolute atomic E-state index is 0.0490. The number of aromatic hydroxyl groups is 1. The third-order valence-electron chi connectivity index (χ3n) is 5.79. The van der Waals surface area contributed by atoms with Gasteiger partial charge in [0, 0.05) is 16.6 Å². The van der Waals surface area contributed by atoms with E-state index in [1.165, 1.54) is 6.92 Å². The summed E-state index contributed by atoms with van der Waals surface area (Å²) in [5.74, 6) is -3.94. The van der Waals surface area contributed by atoms with E-state index in [-0.39, 0.29) is 34.0 Å². The zero-order valence-electron chi connectivity index (χ0n) is 15.1. The molecule has 132 valence electrons. The van der Waals surface area contributed by atoms with Gasteiger partial charge in [-0.05, 0) is 37.5 Å². The maximum Gasteiger partial charge on any atom is 0.178 e. The van der Waals surface area contributed by atoms with Gasteiger partial charge in [-0.15, -0.1) is 0 Å². The van der Waals surface area contributed by atoms with Gasteiger partial charge in [0.1, 0.15) is 11.5 Å². The number of carbonyl (C=O) groups excluding carboxylic acids is 3. The summed E-state index contributed by atoms with van der Waals surface area (Å²) < 4.78 is 0. The van der Waals surface area contributed by atoms with Crippen LogP contribution in [-0.4, -0.2) is 27.6 Å². The molecule has 0 bridgehead atoms. The van der Waals surface area contributed by atoms with E-state index in [4.69, 9.17) is 0 Å². The molecular formula is C20H22O5. The van der Waals surface area contributed by atoms with Crippen LogP contribution < -0.4 is 0 Å². The number of phenolic OH excluding ortho intramolecular Hbond substituents is 1. The van der Waals surface area contributed by atoms with Crippen molar-refractivity contribution in [3.05, 3.63) is 39.7 Å². The maximum atomic E-state index is 13.2. The number of hydrogen-bond donors (Lipinski definition) is 2. The number of benzene rings is 1. The summed E-state index contributed by atoms with van der Waals surface area (Å²) in [6.45, 7) is 8.43. The predicted octanol–water partition coefficient (Wildman–Crippen LogP) is 3.32. The van der Waals surface area contributed by atoms with E-state index in [0.29, 0.717) is 12.0 Å². The second-order valence-electron chi connectivity index (χ2n) is 7.54. The fraction of sp³-hybridized carbons (Fsp3) is 0.450. The van der Waals surface area contributed by atoms with E-state index in [0.717, 1.165) is 5.56 Å². The molecule has 1 aromatic carbocycles. The van der Waals surface area contributed by atoms with Crippen LogP contribution in [0.5, 0.6) is 5.75 Å². The summed E-state index contributed by atoms with van der Waals surface area (Å²) in [4.78, 5) is 39.0. The normalized spacial score (nSPS) is 25.1. The van der Waals surface area contributed by atoms with Crippen LogP contribution in [0.2, 0.25) is 0 Å². The van der Waals surface area contributed by atoms with Crippen LogP contribution >= 0.6 is 0 Å². The summed E-state index contributed by atoms with van der Waals surface area (Å²) in [5, 5.41) is 21.0. The number of ketones is 3. The lowest BCUT2D eigenvalue weighted by Gasteiger charge is -2.43. The number of hydrogen-bond acceptors (Lipinski definition) is 5. The molecule has 5 heteroatoms. The summed E-state index contributed by atoms with van der Waals surface area (Å²) in [6.07, 6.45) is 0.514. The standard InChI is InChI=1S/C20H22O5/c1-6-10-8(2)7-11-12(16(10)22)18(24)13-14(17(11)23)20(4,5)19(25)9(3)15(13)21/h7,13-14,22,25H,6H2,1-5H3. The summed E-state index contributed by atoms with van der Waals surface area (Å²) in [5.41, 5.74) is 0.516. The van der Waals surface area contributed by atoms with Crippen LogP contribution in [-0.2, 0) is 11.2 Å². The molecule has 2 N–H and O–H groups in total. The highest BCUT2D eigenvalue weighted by molar-refractivity contribution is 6.27. The van der Waals surface area contributed by atoms with Crippen LogP contribution in [0.4, 0.5) is 0 Å². The van der Waals surface area contributed by atoms with Gasteiger partial charge in [0.2, 0.25) is 0 Å². The molecule has 2 atom stereocenters. The highest BCUT2D eigenvalue weighted by atomic mass is 16.3. The van der Waals surface area contributed by atoms with E-state index in [2.05, 4.69) is 0 Å². The van der Waals surface area contributed by atoms with Crippen LogP contribution in [0.1, 0.15) is 59.5 Å². The van der Waals surface area contributed by atoms with Gasteiger partial charge in [-0.1, -0.05) is 20.8 Å². The smallest absolute Gasteiger partial charge is 0.178 e. The minimum atomic E-state index is -1.19. The molecule has 25 heavy (non-hydrogen) atoms. The van der Waals surface area contributed by atoms with Crippen molar-refractivity contribution in [2.75, 3.05) is 0 Å². The number of aryl methyl sites for hydroxylation is 1. The molecule has 2 aliphatic carbocycles. The molecule has 3 rings (SSSR count). The van der Waals surface area contributed by atoms with Crippen LogP contribution in [0.15, 0.2) is 17.4 Å². The minimum Gasteiger partial charge on any atom is -0.511 e. The third kappa shape index (κ3) is 2.04. The van der Waals surface area contributed by atoms with Crippen molar-refractivity contribution in [1.82, 2.24) is 0 Å². The van der Waals surface area contributed by atoms with Gasteiger partial charge in [0.15, 0.2) is 17.3 Å². The highest BCUT2D eigenvalue weighted by Crippen LogP contribution is 2.51. The lowest BCUT2D eigenvalue weighted by Crippen LogP contribution is -2.52. The van der Waals surface area contributed by atoms with E-state index >= 15 is 0 Å². The Bertz CT molecular complexity index is 873. The molecule has 2 aliphatic rings. The van der Waals surface area contributed by atoms with E-state index in [1.54, 1.807) is 26.8 Å². The van der Waals surface area contributed by atoms with Crippen molar-refractivity contribution in [1.29, 1.82) is 0 Å². The number of Topliss-reactive ketones (excluding diaryl/α,β-unsaturated/α-hetero) is 3. The molecule has 1 aromatic rings. The average molecular weight is 342 g/mol. The van der Waals surface area contributed by atoms with Crippen molar-refractivity contribution in [2.24, 2.45) is 17.3 Å². The summed E-state index contributed by atoms with van der Waals surface area (Å²) >= 11 is 0. The quantitative estimate of drug-likeness (QED) is 0.764. The maximum absolute atomic E-state index is 13.2. The molecule has 2 unspecified atom stereocenters. The predicted molar refractivity (Wildman–Crippen MR) is 92.0 cm³/mol. The van der Waals surface area contributed by atoms with Gasteiger partial charge < -0.3 is 10.2 Å². The molecule has 0 saturated heterocycles. The Labute approximate surface area is 146 Å². The molecular weight excluding hydrogens is 320 g/mol. The molecule has 0 fully saturated rings. The molecule has 0 aliphatic heterocycles. The molecule has 0 aromatic heterocycles. The number of phenols is 1. The molecule has 0 saturated carbocycles. The first-order valence-corrected chi connectivity index (χ1v) is 8.44. The Balaban J connectivity index is 2.34. The number of aliphatic hydroxyl groups is 1. The first-order valence-electron chi connectivity index (χ1n) is 8.44. The van der Waals surface area contributed by atoms with Crippen molar-refractivity contribution in [2.45, 2.75) is 41.0 Å². The van der Waals surface area contributed by atoms with Gasteiger partial charge in [0.25, 0.3) is 0 Å². The third-order valence-corrected chi connectivity index (χ3v) is 5.79. The second-order valence-corrected chi connectivity index (χ2v) is 7.54. The van der Waals surface area contributed by atoms with Gasteiger partial charge in [-0.3, -0.25) is 14.4 Å². The van der Waals surface area contributed by atoms with Crippen molar-refractivity contribution < 1.29 is 24.6 Å². The van der Waals surface area contributed by atoms with E-state index in [1.807, 2.05) is 6.92 Å². The van der Waals surface area contributed by atoms with Gasteiger partial charge in [0.05, 0.1) is 17.4 Å². The highest BCUT2D eigenvalue weighted by Gasteiger charge is 2.57. The fourth-order valence-electron chi connectivity index (χ4n) is 4.35. The zero-order valence-corrected chi connectivity index (χ0v) is 15.1. The SMILES string of the molecule is CCc1c(C)cc2c(c1O)C(=O)C1C(=O)C(C)=C(O)C(C)(C)C1C2=O. The van der Waals surface area contributed by atoms with Crippen molar-refractivity contribution >= 4 is 17.3 Å². The summed E-state index contributed by atoms with van der Waals surface area (Å²) in [6, 6.07) is 1.62. The first-order chi connectivity index (χ1) is 11.6. The number of fused-ring (bicyclic) bond motifs is 2. The Morgan fingerprint density at radius 1 is 1.04 bits per heavy atom. The second kappa shape index (κ2) is 5.28. The molecule has 0 radical (unpaired) electrons. The Morgan fingerprint density at radius 2 is 1.64 bits per heavy atom. The summed E-state index contributed by atoms with van der Waals surface area (Å²) in [7, 11) is 0. The topological polar surface area (TPSA) is 91.7 Å². The molecule has 0 amide bonds. The van der Waals surface area contributed by atoms with Crippen LogP contribution in [0.3, 0.4) is 0 Å². The van der Waals surface area contributed by atoms with Gasteiger partial charge >= 0.3 is 0 Å². The monoisotopic (exact) mass is 342 g/mol. The van der Waals surface area contributed by atoms with E-state index in [9.17, 15) is 24.6 Å².